The first-order chi connectivity index (χ1) is 7.70. The first-order valence-corrected chi connectivity index (χ1v) is 6.11. The minimum absolute atomic E-state index is 0.475. The van der Waals surface area contributed by atoms with E-state index in [9.17, 15) is 0 Å². The highest BCUT2D eigenvalue weighted by Crippen LogP contribution is 2.20. The summed E-state index contributed by atoms with van der Waals surface area (Å²) >= 11 is 1.56. The topological polar surface area (TPSA) is 69.6 Å². The van der Waals surface area contributed by atoms with E-state index < -0.39 is 0 Å². The number of nitrogens with zero attached hydrogens (tertiary/aromatic N) is 4. The van der Waals surface area contributed by atoms with Crippen molar-refractivity contribution in [3.8, 4) is 11.5 Å². The van der Waals surface area contributed by atoms with E-state index in [-0.39, 0.29) is 0 Å². The zero-order chi connectivity index (χ0) is 11.5. The number of hydrogen-bond acceptors (Lipinski definition) is 5. The molecule has 0 spiro atoms. The lowest BCUT2D eigenvalue weighted by Crippen LogP contribution is -2.05. The van der Waals surface area contributed by atoms with Gasteiger partial charge in [0.1, 0.15) is 17.0 Å². The van der Waals surface area contributed by atoms with Gasteiger partial charge in [-0.05, 0) is 5.92 Å². The van der Waals surface area contributed by atoms with E-state index >= 15 is 0 Å². The molecule has 0 amide bonds. The molecule has 0 fully saturated rings. The van der Waals surface area contributed by atoms with Crippen molar-refractivity contribution < 1.29 is 0 Å². The second-order valence-corrected chi connectivity index (χ2v) is 4.97. The van der Waals surface area contributed by atoms with Gasteiger partial charge in [0.2, 0.25) is 0 Å². The summed E-state index contributed by atoms with van der Waals surface area (Å²) in [5.41, 5.74) is 6.40. The predicted octanol–water partition coefficient (Wildman–Crippen LogP) is 1.52. The highest BCUT2D eigenvalue weighted by Gasteiger charge is 2.11. The van der Waals surface area contributed by atoms with Crippen LogP contribution in [0, 0.1) is 5.92 Å². The minimum atomic E-state index is 0.475. The molecule has 16 heavy (non-hydrogen) atoms. The fourth-order valence-corrected chi connectivity index (χ4v) is 2.14. The van der Waals surface area contributed by atoms with Gasteiger partial charge < -0.3 is 10.3 Å². The molecule has 0 saturated heterocycles. The smallest absolute Gasteiger partial charge is 0.183 e. The highest BCUT2D eigenvalue weighted by atomic mass is 32.1. The summed E-state index contributed by atoms with van der Waals surface area (Å²) in [6.07, 6.45) is 1.75. The Kier molecular flexibility index (Phi) is 3.31. The van der Waals surface area contributed by atoms with Gasteiger partial charge in [0.05, 0.1) is 0 Å². The van der Waals surface area contributed by atoms with Crippen LogP contribution in [0.3, 0.4) is 0 Å². The summed E-state index contributed by atoms with van der Waals surface area (Å²) in [5.74, 6) is 1.38. The Balaban J connectivity index is 2.29. The monoisotopic (exact) mass is 237 g/mol. The number of nitrogens with two attached hydrogens (primary N) is 1. The molecule has 0 aliphatic carbocycles. The molecule has 0 aliphatic heterocycles. The Morgan fingerprint density at radius 1 is 1.50 bits per heavy atom. The van der Waals surface area contributed by atoms with Crippen LogP contribution in [0.1, 0.15) is 18.9 Å². The number of rotatable bonds is 4. The van der Waals surface area contributed by atoms with E-state index in [1.54, 1.807) is 17.7 Å². The van der Waals surface area contributed by atoms with Crippen molar-refractivity contribution in [1.29, 1.82) is 0 Å². The van der Waals surface area contributed by atoms with Crippen LogP contribution in [0.5, 0.6) is 0 Å². The van der Waals surface area contributed by atoms with Crippen LogP contribution in [0.15, 0.2) is 11.7 Å². The van der Waals surface area contributed by atoms with Gasteiger partial charge in [0.25, 0.3) is 0 Å². The van der Waals surface area contributed by atoms with Crippen molar-refractivity contribution in [2.24, 2.45) is 11.7 Å². The summed E-state index contributed by atoms with van der Waals surface area (Å²) < 4.78 is 2.03. The molecular formula is C10H15N5S. The zero-order valence-corrected chi connectivity index (χ0v) is 10.2. The molecule has 0 saturated carbocycles. The minimum Gasteiger partial charge on any atom is -0.325 e. The van der Waals surface area contributed by atoms with Crippen LogP contribution in [-0.2, 0) is 13.1 Å². The second kappa shape index (κ2) is 4.71. The molecule has 6 heteroatoms. The lowest BCUT2D eigenvalue weighted by atomic mass is 10.2. The zero-order valence-electron chi connectivity index (χ0n) is 9.42. The number of thiazole rings is 1. The highest BCUT2D eigenvalue weighted by molar-refractivity contribution is 7.09. The molecule has 2 aromatic heterocycles. The molecule has 2 heterocycles. The van der Waals surface area contributed by atoms with Gasteiger partial charge in [0.15, 0.2) is 5.82 Å². The maximum atomic E-state index is 5.54. The quantitative estimate of drug-likeness (QED) is 0.875. The van der Waals surface area contributed by atoms with Gasteiger partial charge in [-0.1, -0.05) is 13.8 Å². The van der Waals surface area contributed by atoms with E-state index in [4.69, 9.17) is 5.73 Å². The molecule has 86 valence electrons. The molecular weight excluding hydrogens is 222 g/mol. The molecule has 0 aromatic carbocycles. The molecule has 0 unspecified atom stereocenters. The van der Waals surface area contributed by atoms with E-state index in [1.807, 2.05) is 9.95 Å². The van der Waals surface area contributed by atoms with Crippen LogP contribution < -0.4 is 5.73 Å². The van der Waals surface area contributed by atoms with E-state index in [2.05, 4.69) is 29.0 Å². The molecule has 2 aromatic rings. The largest absolute Gasteiger partial charge is 0.325 e. The Morgan fingerprint density at radius 3 is 2.94 bits per heavy atom. The van der Waals surface area contributed by atoms with Crippen molar-refractivity contribution in [3.05, 3.63) is 16.7 Å². The van der Waals surface area contributed by atoms with Crippen LogP contribution >= 0.6 is 11.3 Å². The van der Waals surface area contributed by atoms with Gasteiger partial charge in [-0.15, -0.1) is 21.5 Å². The van der Waals surface area contributed by atoms with Crippen molar-refractivity contribution >= 4 is 11.3 Å². The number of hydrogen-bond donors (Lipinski definition) is 1. The predicted molar refractivity (Wildman–Crippen MR) is 63.9 cm³/mol. The van der Waals surface area contributed by atoms with E-state index in [0.29, 0.717) is 12.5 Å². The van der Waals surface area contributed by atoms with E-state index in [0.717, 1.165) is 23.1 Å². The SMILES string of the molecule is CC(C)Cn1cnnc1-c1csc(CN)n1. The maximum absolute atomic E-state index is 5.54. The Morgan fingerprint density at radius 2 is 2.31 bits per heavy atom. The Labute approximate surface area is 98.3 Å². The maximum Gasteiger partial charge on any atom is 0.183 e. The summed E-state index contributed by atoms with van der Waals surface area (Å²) in [7, 11) is 0. The van der Waals surface area contributed by atoms with Crippen LogP contribution in [0.4, 0.5) is 0 Å². The fourth-order valence-electron chi connectivity index (χ4n) is 1.49. The van der Waals surface area contributed by atoms with Crippen molar-refractivity contribution in [2.45, 2.75) is 26.9 Å². The average molecular weight is 237 g/mol. The van der Waals surface area contributed by atoms with Crippen molar-refractivity contribution in [2.75, 3.05) is 0 Å². The molecule has 5 nitrogen and oxygen atoms in total. The third-order valence-electron chi connectivity index (χ3n) is 2.13. The van der Waals surface area contributed by atoms with Crippen LogP contribution in [0.25, 0.3) is 11.5 Å². The lowest BCUT2D eigenvalue weighted by molar-refractivity contribution is 0.525. The molecule has 2 rings (SSSR count). The summed E-state index contributed by atoms with van der Waals surface area (Å²) in [4.78, 5) is 4.41. The summed E-state index contributed by atoms with van der Waals surface area (Å²) in [6, 6.07) is 0. The van der Waals surface area contributed by atoms with Gasteiger partial charge in [-0.3, -0.25) is 0 Å². The average Bonchev–Trinajstić information content (AvgIpc) is 2.84. The van der Waals surface area contributed by atoms with Crippen LogP contribution in [-0.4, -0.2) is 19.7 Å². The molecule has 0 aliphatic rings. The van der Waals surface area contributed by atoms with Crippen LogP contribution in [0.2, 0.25) is 0 Å². The lowest BCUT2D eigenvalue weighted by Gasteiger charge is -2.07. The summed E-state index contributed by atoms with van der Waals surface area (Å²) in [6.45, 7) is 5.70. The third kappa shape index (κ3) is 2.28. The van der Waals surface area contributed by atoms with Crippen molar-refractivity contribution in [1.82, 2.24) is 19.7 Å². The van der Waals surface area contributed by atoms with Crippen molar-refractivity contribution in [3.63, 3.8) is 0 Å². The Bertz CT molecular complexity index is 459. The third-order valence-corrected chi connectivity index (χ3v) is 3.00. The fraction of sp³-hybridized carbons (Fsp3) is 0.500. The first kappa shape index (κ1) is 11.2. The van der Waals surface area contributed by atoms with Gasteiger partial charge in [-0.2, -0.15) is 0 Å². The van der Waals surface area contributed by atoms with E-state index in [1.165, 1.54) is 0 Å². The van der Waals surface area contributed by atoms with Gasteiger partial charge in [-0.25, -0.2) is 4.98 Å². The molecule has 2 N–H and O–H groups in total. The summed E-state index contributed by atoms with van der Waals surface area (Å²) in [5, 5.41) is 10.9. The Hall–Kier alpha value is -1.27. The first-order valence-electron chi connectivity index (χ1n) is 5.23. The normalized spacial score (nSPS) is 11.2. The standard InChI is InChI=1S/C10H15N5S/c1-7(2)4-15-6-12-14-10(15)8-5-16-9(3-11)13-8/h5-7H,3-4,11H2,1-2H3. The number of aromatic nitrogens is 4. The molecule has 0 radical (unpaired) electrons. The molecule has 0 atom stereocenters. The molecule has 0 bridgehead atoms. The second-order valence-electron chi connectivity index (χ2n) is 4.03. The van der Waals surface area contributed by atoms with Gasteiger partial charge in [0, 0.05) is 18.5 Å². The van der Waals surface area contributed by atoms with Gasteiger partial charge >= 0.3 is 0 Å².